The summed E-state index contributed by atoms with van der Waals surface area (Å²) in [4.78, 5) is 13.9. The van der Waals surface area contributed by atoms with Gasteiger partial charge in [0.05, 0.1) is 11.2 Å². The van der Waals surface area contributed by atoms with Gasteiger partial charge in [-0.2, -0.15) is 0 Å². The van der Waals surface area contributed by atoms with Crippen molar-refractivity contribution in [3.8, 4) is 55.8 Å². The molecule has 3 aromatic heterocycles. The van der Waals surface area contributed by atoms with Gasteiger partial charge in [-0.3, -0.25) is 15.0 Å². The summed E-state index contributed by atoms with van der Waals surface area (Å²) >= 11 is 0. The summed E-state index contributed by atoms with van der Waals surface area (Å²) < 4.78 is 0. The largest absolute Gasteiger partial charge is 0.264 e. The van der Waals surface area contributed by atoms with Crippen LogP contribution in [0, 0.1) is 0 Å². The van der Waals surface area contributed by atoms with E-state index in [-0.39, 0.29) is 0 Å². The molecule has 0 fully saturated rings. The average Bonchev–Trinajstić information content (AvgIpc) is 3.18. The lowest BCUT2D eigenvalue weighted by Crippen LogP contribution is -1.92. The maximum absolute atomic E-state index is 4.94. The number of aromatic nitrogens is 3. The fourth-order valence-corrected chi connectivity index (χ4v) is 6.86. The van der Waals surface area contributed by atoms with Crippen LogP contribution in [0.25, 0.3) is 88.2 Å². The maximum Gasteiger partial charge on any atom is 0.0708 e. The Labute approximate surface area is 278 Å². The van der Waals surface area contributed by atoms with Crippen molar-refractivity contribution in [2.24, 2.45) is 0 Å². The second kappa shape index (κ2) is 11.7. The minimum atomic E-state index is 0.964. The third kappa shape index (κ3) is 4.99. The molecule has 0 amide bonds. The monoisotopic (exact) mass is 611 g/mol. The molecule has 0 N–H and O–H groups in total. The number of hydrogen-bond donors (Lipinski definition) is 0. The standard InChI is InChI=1S/C45H29N3/c1-3-10-30(11-4-1)40-25-37(39-22-33-17-16-32(27-43(33)48-29-39)36-14-9-20-46-28-36)23-34-18-19-35-24-38(42-15-7-8-21-47-42)26-41(45(35)44(34)40)31-12-5-2-6-13-31/h1-29H. The highest BCUT2D eigenvalue weighted by atomic mass is 14.7. The summed E-state index contributed by atoms with van der Waals surface area (Å²) in [6.07, 6.45) is 7.55. The number of fused-ring (bicyclic) bond motifs is 4. The molecule has 3 nitrogen and oxygen atoms in total. The SMILES string of the molecule is c1ccc(-c2cc(-c3cnc4cc(-c5cccnc5)ccc4c3)cc3ccc4cc(-c5ccccn5)cc(-c5ccccc5)c4c23)cc1. The first-order valence-electron chi connectivity index (χ1n) is 16.2. The molecule has 0 bridgehead atoms. The van der Waals surface area contributed by atoms with Crippen molar-refractivity contribution in [3.63, 3.8) is 0 Å². The van der Waals surface area contributed by atoms with Crippen LogP contribution in [0.5, 0.6) is 0 Å². The van der Waals surface area contributed by atoms with Crippen LogP contribution in [-0.2, 0) is 0 Å². The topological polar surface area (TPSA) is 38.7 Å². The molecule has 48 heavy (non-hydrogen) atoms. The van der Waals surface area contributed by atoms with Crippen molar-refractivity contribution in [2.75, 3.05) is 0 Å². The maximum atomic E-state index is 4.94. The van der Waals surface area contributed by atoms with Crippen molar-refractivity contribution in [1.82, 2.24) is 15.0 Å². The van der Waals surface area contributed by atoms with Crippen LogP contribution in [0.15, 0.2) is 176 Å². The molecule has 9 aromatic rings. The molecule has 0 radical (unpaired) electrons. The van der Waals surface area contributed by atoms with E-state index < -0.39 is 0 Å². The van der Waals surface area contributed by atoms with Crippen molar-refractivity contribution >= 4 is 32.4 Å². The molecule has 3 heterocycles. The Morgan fingerprint density at radius 2 is 0.958 bits per heavy atom. The molecule has 0 aliphatic heterocycles. The van der Waals surface area contributed by atoms with Crippen molar-refractivity contribution in [2.45, 2.75) is 0 Å². The van der Waals surface area contributed by atoms with Crippen LogP contribution < -0.4 is 0 Å². The summed E-state index contributed by atoms with van der Waals surface area (Å²) in [6, 6.07) is 54.0. The molecule has 6 aromatic carbocycles. The highest BCUT2D eigenvalue weighted by Crippen LogP contribution is 2.43. The van der Waals surface area contributed by atoms with E-state index in [2.05, 4.69) is 138 Å². The predicted octanol–water partition coefficient (Wildman–Crippen LogP) is 11.7. The zero-order valence-electron chi connectivity index (χ0n) is 26.1. The highest BCUT2D eigenvalue weighted by molar-refractivity contribution is 6.21. The third-order valence-corrected chi connectivity index (χ3v) is 9.17. The lowest BCUT2D eigenvalue weighted by Gasteiger charge is -2.18. The first kappa shape index (κ1) is 27.8. The van der Waals surface area contributed by atoms with Gasteiger partial charge in [0.2, 0.25) is 0 Å². The van der Waals surface area contributed by atoms with E-state index >= 15 is 0 Å². The third-order valence-electron chi connectivity index (χ3n) is 9.17. The van der Waals surface area contributed by atoms with Crippen molar-refractivity contribution in [3.05, 3.63) is 176 Å². The van der Waals surface area contributed by atoms with Gasteiger partial charge in [0.15, 0.2) is 0 Å². The van der Waals surface area contributed by atoms with Gasteiger partial charge >= 0.3 is 0 Å². The molecule has 224 valence electrons. The predicted molar refractivity (Wildman–Crippen MR) is 200 cm³/mol. The zero-order chi connectivity index (χ0) is 31.9. The van der Waals surface area contributed by atoms with Crippen LogP contribution in [0.2, 0.25) is 0 Å². The number of nitrogens with zero attached hydrogens (tertiary/aromatic N) is 3. The summed E-state index contributed by atoms with van der Waals surface area (Å²) in [5.41, 5.74) is 12.2. The molecule has 0 saturated heterocycles. The van der Waals surface area contributed by atoms with E-state index in [0.29, 0.717) is 0 Å². The highest BCUT2D eigenvalue weighted by Gasteiger charge is 2.17. The van der Waals surface area contributed by atoms with Gasteiger partial charge in [0.1, 0.15) is 0 Å². The number of pyridine rings is 3. The van der Waals surface area contributed by atoms with Gasteiger partial charge in [-0.15, -0.1) is 0 Å². The van der Waals surface area contributed by atoms with Gasteiger partial charge < -0.3 is 0 Å². The summed E-state index contributed by atoms with van der Waals surface area (Å²) in [7, 11) is 0. The van der Waals surface area contributed by atoms with E-state index in [1.807, 2.05) is 36.8 Å². The molecule has 0 saturated carbocycles. The molecule has 0 aliphatic rings. The molecule has 9 rings (SSSR count). The normalized spacial score (nSPS) is 11.3. The molecule has 0 aliphatic carbocycles. The number of benzene rings is 6. The van der Waals surface area contributed by atoms with Crippen molar-refractivity contribution in [1.29, 1.82) is 0 Å². The minimum Gasteiger partial charge on any atom is -0.264 e. The lowest BCUT2D eigenvalue weighted by molar-refractivity contribution is 1.33. The summed E-state index contributed by atoms with van der Waals surface area (Å²) in [5, 5.41) is 5.96. The number of rotatable bonds is 5. The molecular weight excluding hydrogens is 583 g/mol. The minimum absolute atomic E-state index is 0.964. The Morgan fingerprint density at radius 3 is 1.62 bits per heavy atom. The van der Waals surface area contributed by atoms with Gasteiger partial charge in [0, 0.05) is 46.9 Å². The van der Waals surface area contributed by atoms with E-state index in [4.69, 9.17) is 9.97 Å². The average molecular weight is 612 g/mol. The smallest absolute Gasteiger partial charge is 0.0708 e. The van der Waals surface area contributed by atoms with Crippen LogP contribution in [-0.4, -0.2) is 15.0 Å². The van der Waals surface area contributed by atoms with E-state index in [1.165, 1.54) is 43.8 Å². The van der Waals surface area contributed by atoms with Crippen LogP contribution in [0.1, 0.15) is 0 Å². The first-order chi connectivity index (χ1) is 23.8. The molecule has 0 unspecified atom stereocenters. The fourth-order valence-electron chi connectivity index (χ4n) is 6.86. The Balaban J connectivity index is 1.29. The van der Waals surface area contributed by atoms with Crippen LogP contribution in [0.4, 0.5) is 0 Å². The quantitative estimate of drug-likeness (QED) is 0.182. The zero-order valence-corrected chi connectivity index (χ0v) is 26.1. The molecule has 3 heteroatoms. The fraction of sp³-hybridized carbons (Fsp3) is 0. The van der Waals surface area contributed by atoms with E-state index in [9.17, 15) is 0 Å². The van der Waals surface area contributed by atoms with Crippen LogP contribution >= 0.6 is 0 Å². The first-order valence-corrected chi connectivity index (χ1v) is 16.2. The Morgan fingerprint density at radius 1 is 0.333 bits per heavy atom. The van der Waals surface area contributed by atoms with E-state index in [0.717, 1.165) is 44.4 Å². The second-order valence-corrected chi connectivity index (χ2v) is 12.1. The lowest BCUT2D eigenvalue weighted by atomic mass is 9.86. The van der Waals surface area contributed by atoms with Crippen LogP contribution in [0.3, 0.4) is 0 Å². The summed E-state index contributed by atoms with van der Waals surface area (Å²) in [6.45, 7) is 0. The Hall–Kier alpha value is -6.45. The Bertz CT molecular complexity index is 2580. The van der Waals surface area contributed by atoms with Gasteiger partial charge in [-0.1, -0.05) is 97.1 Å². The molecule has 0 atom stereocenters. The van der Waals surface area contributed by atoms with Crippen molar-refractivity contribution < 1.29 is 0 Å². The molecular formula is C45H29N3. The van der Waals surface area contributed by atoms with Gasteiger partial charge in [0.25, 0.3) is 0 Å². The van der Waals surface area contributed by atoms with Gasteiger partial charge in [-0.05, 0) is 110 Å². The van der Waals surface area contributed by atoms with E-state index in [1.54, 1.807) is 6.20 Å². The van der Waals surface area contributed by atoms with Gasteiger partial charge in [-0.25, -0.2) is 0 Å². The summed E-state index contributed by atoms with van der Waals surface area (Å²) in [5.74, 6) is 0. The Kier molecular flexibility index (Phi) is 6.80. The second-order valence-electron chi connectivity index (χ2n) is 12.1. The number of hydrogen-bond acceptors (Lipinski definition) is 3. The molecule has 0 spiro atoms.